The molecule has 0 atom stereocenters. The van der Waals surface area contributed by atoms with Crippen LogP contribution in [0.5, 0.6) is 0 Å². The van der Waals surface area contributed by atoms with Crippen molar-refractivity contribution < 1.29 is 4.39 Å². The Hall–Kier alpha value is -4.55. The number of benzene rings is 2. The maximum Gasteiger partial charge on any atom is 0.330 e. The van der Waals surface area contributed by atoms with Gasteiger partial charge in [0.2, 0.25) is 0 Å². The average Bonchev–Trinajstić information content (AvgIpc) is 3.47. The molecule has 2 aromatic carbocycles. The predicted octanol–water partition coefficient (Wildman–Crippen LogP) is 5.41. The van der Waals surface area contributed by atoms with Gasteiger partial charge in [0, 0.05) is 62.0 Å². The Labute approximate surface area is 237 Å². The third-order valence-electron chi connectivity index (χ3n) is 7.63. The molecule has 1 aliphatic heterocycles. The molecule has 41 heavy (non-hydrogen) atoms. The fourth-order valence-electron chi connectivity index (χ4n) is 5.64. The maximum atomic E-state index is 13.5. The van der Waals surface area contributed by atoms with Crippen LogP contribution in [0, 0.1) is 22.6 Å². The summed E-state index contributed by atoms with van der Waals surface area (Å²) in [7, 11) is 1.74. The molecule has 6 rings (SSSR count). The Morgan fingerprint density at radius 3 is 2.61 bits per heavy atom. The lowest BCUT2D eigenvalue weighted by molar-refractivity contribution is 0.245. The van der Waals surface area contributed by atoms with Gasteiger partial charge in [-0.05, 0) is 59.5 Å². The van der Waals surface area contributed by atoms with Crippen LogP contribution in [0.25, 0.3) is 33.7 Å². The van der Waals surface area contributed by atoms with Crippen molar-refractivity contribution in [2.75, 3.05) is 6.54 Å². The number of nitriles is 1. The monoisotopic (exact) mass is 549 g/mol. The molecule has 0 radical (unpaired) electrons. The Morgan fingerprint density at radius 2 is 1.88 bits per heavy atom. The van der Waals surface area contributed by atoms with Crippen LogP contribution in [0.3, 0.4) is 0 Å². The van der Waals surface area contributed by atoms with E-state index in [1.54, 1.807) is 28.3 Å². The first-order chi connectivity index (χ1) is 19.6. The minimum Gasteiger partial charge on any atom is -0.294 e. The lowest BCUT2D eigenvalue weighted by Crippen LogP contribution is -2.30. The summed E-state index contributed by atoms with van der Waals surface area (Å²) in [4.78, 5) is 20.2. The van der Waals surface area contributed by atoms with E-state index in [9.17, 15) is 14.4 Å². The van der Waals surface area contributed by atoms with E-state index in [1.807, 2.05) is 30.3 Å². The molecule has 0 amide bonds. The molecule has 3 aromatic heterocycles. The van der Waals surface area contributed by atoms with Crippen molar-refractivity contribution in [3.05, 3.63) is 93.3 Å². The lowest BCUT2D eigenvalue weighted by Gasteiger charge is -2.27. The zero-order valence-electron chi connectivity index (χ0n) is 23.7. The van der Waals surface area contributed by atoms with Gasteiger partial charge in [0.1, 0.15) is 5.82 Å². The van der Waals surface area contributed by atoms with E-state index in [4.69, 9.17) is 4.98 Å². The second-order valence-corrected chi connectivity index (χ2v) is 12.0. The van der Waals surface area contributed by atoms with Crippen molar-refractivity contribution in [2.45, 2.75) is 46.8 Å². The molecule has 9 heteroatoms. The third-order valence-corrected chi connectivity index (χ3v) is 7.63. The molecular weight excluding hydrogens is 517 g/mol. The summed E-state index contributed by atoms with van der Waals surface area (Å²) >= 11 is 0. The topological polar surface area (TPSA) is 95.5 Å². The molecule has 4 heterocycles. The quantitative estimate of drug-likeness (QED) is 0.316. The molecular formula is C32H32FN7O. The van der Waals surface area contributed by atoms with E-state index in [2.05, 4.69) is 41.9 Å². The molecule has 0 saturated heterocycles. The number of aromatic nitrogens is 5. The van der Waals surface area contributed by atoms with Crippen molar-refractivity contribution in [3.8, 4) is 28.6 Å². The Balaban J connectivity index is 1.30. The Morgan fingerprint density at radius 1 is 1.10 bits per heavy atom. The first-order valence-corrected chi connectivity index (χ1v) is 13.8. The van der Waals surface area contributed by atoms with Gasteiger partial charge in [0.15, 0.2) is 5.65 Å². The second-order valence-electron chi connectivity index (χ2n) is 12.0. The van der Waals surface area contributed by atoms with E-state index in [0.29, 0.717) is 36.5 Å². The minimum atomic E-state index is -0.269. The number of nitrogens with one attached hydrogen (secondary N) is 1. The lowest BCUT2D eigenvalue weighted by atomic mass is 9.97. The van der Waals surface area contributed by atoms with Gasteiger partial charge >= 0.3 is 5.69 Å². The molecule has 5 aromatic rings. The molecule has 0 saturated carbocycles. The summed E-state index contributed by atoms with van der Waals surface area (Å²) in [6.07, 6.45) is 0.838. The van der Waals surface area contributed by atoms with Crippen molar-refractivity contribution in [1.29, 1.82) is 5.26 Å². The highest BCUT2D eigenvalue weighted by Gasteiger charge is 2.24. The number of aromatic amines is 1. The van der Waals surface area contributed by atoms with Crippen molar-refractivity contribution in [2.24, 2.45) is 12.5 Å². The van der Waals surface area contributed by atoms with E-state index in [1.165, 1.54) is 12.1 Å². The predicted molar refractivity (Wildman–Crippen MR) is 156 cm³/mol. The molecule has 0 aliphatic carbocycles. The number of halogens is 1. The van der Waals surface area contributed by atoms with Gasteiger partial charge in [0.25, 0.3) is 0 Å². The summed E-state index contributed by atoms with van der Waals surface area (Å²) in [5, 5.41) is 17.6. The van der Waals surface area contributed by atoms with Crippen LogP contribution in [-0.4, -0.2) is 35.8 Å². The van der Waals surface area contributed by atoms with Gasteiger partial charge in [-0.15, -0.1) is 0 Å². The van der Waals surface area contributed by atoms with Gasteiger partial charge < -0.3 is 0 Å². The number of fused-ring (bicyclic) bond motifs is 2. The molecule has 1 aliphatic rings. The average molecular weight is 550 g/mol. The molecule has 208 valence electrons. The number of imidazole rings is 1. The van der Waals surface area contributed by atoms with Gasteiger partial charge in [-0.25, -0.2) is 14.2 Å². The maximum absolute atomic E-state index is 13.5. The summed E-state index contributed by atoms with van der Waals surface area (Å²) in [5.74, 6) is -0.269. The number of hydrogen-bond donors (Lipinski definition) is 1. The molecule has 0 spiro atoms. The largest absolute Gasteiger partial charge is 0.330 e. The van der Waals surface area contributed by atoms with Crippen LogP contribution in [0.2, 0.25) is 0 Å². The standard InChI is InChI=1S/C32H32FN7O/c1-32(2,3)19-40-28-12-11-26(35-30(28)38(4)31(40)41)24-15-20(5-6-22(24)16-34)17-39-14-13-27-25(18-39)29(37-36-27)21-7-9-23(33)10-8-21/h5-12,15H,13-14,17-19H2,1-4H3,(H,36,37). The third kappa shape index (κ3) is 5.07. The second kappa shape index (κ2) is 10.1. The summed E-state index contributed by atoms with van der Waals surface area (Å²) in [6, 6.07) is 18.4. The zero-order chi connectivity index (χ0) is 28.9. The van der Waals surface area contributed by atoms with Crippen LogP contribution in [0.4, 0.5) is 4.39 Å². The van der Waals surface area contributed by atoms with Gasteiger partial charge in [0.05, 0.1) is 28.5 Å². The Bertz CT molecular complexity index is 1870. The molecule has 8 nitrogen and oxygen atoms in total. The van der Waals surface area contributed by atoms with Crippen molar-refractivity contribution in [1.82, 2.24) is 29.2 Å². The fourth-order valence-corrected chi connectivity index (χ4v) is 5.64. The normalized spacial score (nSPS) is 13.9. The number of hydrogen-bond acceptors (Lipinski definition) is 5. The highest BCUT2D eigenvalue weighted by molar-refractivity contribution is 5.78. The SMILES string of the molecule is Cn1c(=O)n(CC(C)(C)C)c2ccc(-c3cc(CN4CCc5[nH]nc(-c6ccc(F)cc6)c5C4)ccc3C#N)nc21. The van der Waals surface area contributed by atoms with Crippen molar-refractivity contribution in [3.63, 3.8) is 0 Å². The highest BCUT2D eigenvalue weighted by Crippen LogP contribution is 2.31. The molecule has 1 N–H and O–H groups in total. The number of aryl methyl sites for hydroxylation is 1. The number of rotatable bonds is 5. The first kappa shape index (κ1) is 26.7. The van der Waals surface area contributed by atoms with Crippen molar-refractivity contribution >= 4 is 11.2 Å². The number of pyridine rings is 1. The molecule has 0 bridgehead atoms. The summed E-state index contributed by atoms with van der Waals surface area (Å²) < 4.78 is 16.8. The first-order valence-electron chi connectivity index (χ1n) is 13.8. The van der Waals surface area contributed by atoms with Gasteiger partial charge in [-0.3, -0.25) is 19.1 Å². The zero-order valence-corrected chi connectivity index (χ0v) is 23.7. The van der Waals surface area contributed by atoms with Gasteiger partial charge in [-0.1, -0.05) is 26.8 Å². The highest BCUT2D eigenvalue weighted by atomic mass is 19.1. The summed E-state index contributed by atoms with van der Waals surface area (Å²) in [5.41, 5.74) is 8.21. The van der Waals surface area contributed by atoms with Crippen LogP contribution in [0.15, 0.2) is 59.4 Å². The van der Waals surface area contributed by atoms with E-state index in [0.717, 1.165) is 52.1 Å². The van der Waals surface area contributed by atoms with Crippen LogP contribution in [-0.2, 0) is 33.1 Å². The smallest absolute Gasteiger partial charge is 0.294 e. The fraction of sp³-hybridized carbons (Fsp3) is 0.312. The molecule has 0 unspecified atom stereocenters. The van der Waals surface area contributed by atoms with Crippen LogP contribution >= 0.6 is 0 Å². The Kier molecular flexibility index (Phi) is 6.59. The van der Waals surface area contributed by atoms with Crippen LogP contribution < -0.4 is 5.69 Å². The number of H-pyrrole nitrogens is 1. The van der Waals surface area contributed by atoms with Gasteiger partial charge in [-0.2, -0.15) is 10.4 Å². The summed E-state index contributed by atoms with van der Waals surface area (Å²) in [6.45, 7) is 9.15. The molecule has 0 fully saturated rings. The number of nitrogens with zero attached hydrogens (tertiary/aromatic N) is 6. The van der Waals surface area contributed by atoms with E-state index in [-0.39, 0.29) is 16.9 Å². The minimum absolute atomic E-state index is 0.0649. The van der Waals surface area contributed by atoms with Crippen LogP contribution in [0.1, 0.15) is 43.2 Å². The van der Waals surface area contributed by atoms with E-state index >= 15 is 0 Å². The van der Waals surface area contributed by atoms with E-state index < -0.39 is 0 Å².